The van der Waals surface area contributed by atoms with Gasteiger partial charge < -0.3 is 15.5 Å². The van der Waals surface area contributed by atoms with Gasteiger partial charge in [0, 0.05) is 5.56 Å². The van der Waals surface area contributed by atoms with E-state index in [1.165, 1.54) is 4.90 Å². The lowest BCUT2D eigenvalue weighted by molar-refractivity contribution is -0.137. The molecule has 0 bridgehead atoms. The molecule has 192 valence electrons. The lowest BCUT2D eigenvalue weighted by Gasteiger charge is -2.53. The maximum Gasteiger partial charge on any atom is 0.418 e. The Morgan fingerprint density at radius 2 is 1.80 bits per heavy atom. The number of carbonyl (C=O) groups is 2. The molecule has 3 N–H and O–H groups in total. The third kappa shape index (κ3) is 4.05. The minimum absolute atomic E-state index is 0.0224. The number of nitrogens with zero attached hydrogens (tertiary/aromatic N) is 2. The summed E-state index contributed by atoms with van der Waals surface area (Å²) >= 11 is 0. The van der Waals surface area contributed by atoms with Crippen LogP contribution in [0.4, 0.5) is 33.9 Å². The van der Waals surface area contributed by atoms with Crippen molar-refractivity contribution in [3.63, 3.8) is 0 Å². The summed E-state index contributed by atoms with van der Waals surface area (Å²) < 4.78 is 54.0. The average Bonchev–Trinajstić information content (AvgIpc) is 3.18. The van der Waals surface area contributed by atoms with E-state index in [2.05, 4.69) is 39.6 Å². The van der Waals surface area contributed by atoms with Crippen LogP contribution >= 0.6 is 10.0 Å². The first-order valence-corrected chi connectivity index (χ1v) is 14.0. The Morgan fingerprint density at radius 3 is 2.34 bits per heavy atom. The summed E-state index contributed by atoms with van der Waals surface area (Å²) in [6.07, 6.45) is 4.05. The van der Waals surface area contributed by atoms with Gasteiger partial charge in [-0.05, 0) is 64.0 Å². The fourth-order valence-electron chi connectivity index (χ4n) is 4.84. The molecule has 2 aliphatic rings. The van der Waals surface area contributed by atoms with Crippen LogP contribution in [0, 0.1) is 5.82 Å². The maximum atomic E-state index is 14.3. The zero-order chi connectivity index (χ0) is 26.0. The summed E-state index contributed by atoms with van der Waals surface area (Å²) in [5.74, 6) is -0.999. The van der Waals surface area contributed by atoms with E-state index in [0.29, 0.717) is 23.1 Å². The largest absolute Gasteiger partial charge is 0.418 e. The van der Waals surface area contributed by atoms with E-state index in [0.717, 1.165) is 31.4 Å². The van der Waals surface area contributed by atoms with Crippen LogP contribution in [0.25, 0.3) is 0 Å². The summed E-state index contributed by atoms with van der Waals surface area (Å²) in [6, 6.07) is 1.60. The number of fused-ring (bicyclic) bond motifs is 1. The smallest absolute Gasteiger partial charge is 0.309 e. The number of urea groups is 1. The monoisotopic (exact) mass is 515 g/mol. The first kappa shape index (κ1) is 25.3. The Hall–Kier alpha value is -2.76. The number of alkyl halides is 3. The normalized spacial score (nSPS) is 19.1. The van der Waals surface area contributed by atoms with Crippen LogP contribution in [0.5, 0.6) is 0 Å². The van der Waals surface area contributed by atoms with Crippen molar-refractivity contribution < 1.29 is 27.2 Å². The third-order valence-electron chi connectivity index (χ3n) is 7.25. The van der Waals surface area contributed by atoms with Crippen molar-refractivity contribution in [3.8, 4) is 0 Å². The molecule has 1 saturated carbocycles. The minimum atomic E-state index is -4.84. The number of hydrogen-bond donors (Lipinski definition) is 3. The van der Waals surface area contributed by atoms with E-state index in [4.69, 9.17) is 0 Å². The number of anilines is 2. The zero-order valence-corrected chi connectivity index (χ0v) is 21.0. The van der Waals surface area contributed by atoms with Gasteiger partial charge in [-0.1, -0.05) is 6.07 Å². The fourth-order valence-corrected chi connectivity index (χ4v) is 6.96. The predicted molar refractivity (Wildman–Crippen MR) is 128 cm³/mol. The topological polar surface area (TPSA) is 90.1 Å². The standard InChI is InChI=1S/C23H29F4N5O2S/c1-21(2)17-13(18(31-30-17)29-19(33)22(10-7-11-22)35(3,4)5)12-32(21)20(34)28-16-14(23(25,26)27)8-6-9-15(16)24/h6,8-9H,7,10-12H2,1-5H3,(H,28,34)(H2,29,30,31,33). The molecule has 2 heterocycles. The molecule has 1 aliphatic heterocycles. The molecule has 0 saturated heterocycles. The van der Waals surface area contributed by atoms with Crippen LogP contribution in [-0.2, 0) is 23.1 Å². The molecule has 1 aromatic carbocycles. The van der Waals surface area contributed by atoms with Gasteiger partial charge in [0.1, 0.15) is 5.82 Å². The third-order valence-corrected chi connectivity index (χ3v) is 10.2. The molecule has 0 spiro atoms. The number of nitrogens with one attached hydrogen (secondary N) is 3. The molecule has 1 fully saturated rings. The van der Waals surface area contributed by atoms with Crippen molar-refractivity contribution in [2.45, 2.75) is 56.1 Å². The summed E-state index contributed by atoms with van der Waals surface area (Å²) in [4.78, 5) is 27.6. The molecule has 4 rings (SSSR count). The van der Waals surface area contributed by atoms with Gasteiger partial charge in [0.2, 0.25) is 5.91 Å². The Labute approximate surface area is 202 Å². The molecule has 12 heteroatoms. The second-order valence-electron chi connectivity index (χ2n) is 10.3. The van der Waals surface area contributed by atoms with Gasteiger partial charge in [0.25, 0.3) is 0 Å². The van der Waals surface area contributed by atoms with E-state index >= 15 is 0 Å². The SMILES string of the molecule is CC1(C)c2[nH]nc(NC(=O)C3(S(C)(C)C)CCC3)c2CN1C(=O)Nc1c(F)cccc1C(F)(F)F. The lowest BCUT2D eigenvalue weighted by atomic mass is 9.83. The number of para-hydroxylation sites is 1. The molecule has 0 atom stereocenters. The molecule has 0 unspecified atom stereocenters. The van der Waals surface area contributed by atoms with Crippen LogP contribution in [0.15, 0.2) is 18.2 Å². The van der Waals surface area contributed by atoms with Crippen molar-refractivity contribution in [1.82, 2.24) is 15.1 Å². The fraction of sp³-hybridized carbons (Fsp3) is 0.522. The van der Waals surface area contributed by atoms with E-state index in [1.807, 2.05) is 0 Å². The molecular weight excluding hydrogens is 486 g/mol. The summed E-state index contributed by atoms with van der Waals surface area (Å²) in [5, 5.41) is 12.2. The number of aromatic nitrogens is 2. The number of hydrogen-bond acceptors (Lipinski definition) is 3. The molecule has 2 aromatic rings. The molecular formula is C23H29F4N5O2S. The number of H-pyrrole nitrogens is 1. The molecule has 3 amide bonds. The first-order chi connectivity index (χ1) is 16.1. The quantitative estimate of drug-likeness (QED) is 0.476. The van der Waals surface area contributed by atoms with Crippen molar-refractivity contribution in [3.05, 3.63) is 40.8 Å². The number of rotatable bonds is 4. The summed E-state index contributed by atoms with van der Waals surface area (Å²) in [6.45, 7) is 3.37. The second-order valence-corrected chi connectivity index (χ2v) is 14.8. The summed E-state index contributed by atoms with van der Waals surface area (Å²) in [5.41, 5.74) is -2.07. The number of halogens is 4. The van der Waals surface area contributed by atoms with Gasteiger partial charge in [0.15, 0.2) is 5.82 Å². The van der Waals surface area contributed by atoms with Gasteiger partial charge in [-0.2, -0.15) is 18.3 Å². The van der Waals surface area contributed by atoms with Gasteiger partial charge in [-0.25, -0.2) is 19.2 Å². The summed E-state index contributed by atoms with van der Waals surface area (Å²) in [7, 11) is -1.20. The van der Waals surface area contributed by atoms with Crippen LogP contribution < -0.4 is 10.6 Å². The molecule has 35 heavy (non-hydrogen) atoms. The number of benzene rings is 1. The molecule has 0 radical (unpaired) electrons. The van der Waals surface area contributed by atoms with Crippen LogP contribution in [0.3, 0.4) is 0 Å². The van der Waals surface area contributed by atoms with E-state index in [1.54, 1.807) is 13.8 Å². The highest BCUT2D eigenvalue weighted by Gasteiger charge is 2.51. The minimum Gasteiger partial charge on any atom is -0.309 e. The van der Waals surface area contributed by atoms with Crippen molar-refractivity contribution in [2.24, 2.45) is 0 Å². The van der Waals surface area contributed by atoms with E-state index in [9.17, 15) is 27.2 Å². The predicted octanol–water partition coefficient (Wildman–Crippen LogP) is 5.41. The number of carbonyl (C=O) groups excluding carboxylic acids is 2. The highest BCUT2D eigenvalue weighted by Crippen LogP contribution is 2.60. The molecule has 7 nitrogen and oxygen atoms in total. The Bertz CT molecular complexity index is 1180. The number of aromatic amines is 1. The van der Waals surface area contributed by atoms with Crippen molar-refractivity contribution in [1.29, 1.82) is 0 Å². The van der Waals surface area contributed by atoms with E-state index < -0.39 is 49.6 Å². The lowest BCUT2D eigenvalue weighted by Crippen LogP contribution is -2.51. The van der Waals surface area contributed by atoms with Gasteiger partial charge in [0.05, 0.1) is 33.8 Å². The second kappa shape index (κ2) is 8.14. The van der Waals surface area contributed by atoms with Crippen LogP contribution in [0.2, 0.25) is 0 Å². The van der Waals surface area contributed by atoms with Gasteiger partial charge >= 0.3 is 12.2 Å². The van der Waals surface area contributed by atoms with Crippen molar-refractivity contribution >= 4 is 33.5 Å². The zero-order valence-electron chi connectivity index (χ0n) is 20.2. The van der Waals surface area contributed by atoms with Crippen LogP contribution in [-0.4, -0.2) is 50.5 Å². The van der Waals surface area contributed by atoms with Gasteiger partial charge in [-0.3, -0.25) is 9.89 Å². The van der Waals surface area contributed by atoms with Crippen LogP contribution in [0.1, 0.15) is 49.9 Å². The first-order valence-electron chi connectivity index (χ1n) is 11.1. The Morgan fingerprint density at radius 1 is 1.14 bits per heavy atom. The highest BCUT2D eigenvalue weighted by molar-refractivity contribution is 8.33. The van der Waals surface area contributed by atoms with Gasteiger partial charge in [-0.15, -0.1) is 0 Å². The average molecular weight is 516 g/mol. The molecule has 1 aliphatic carbocycles. The Kier molecular flexibility index (Phi) is 5.89. The highest BCUT2D eigenvalue weighted by atomic mass is 32.3. The Balaban J connectivity index is 1.58. The van der Waals surface area contributed by atoms with E-state index in [-0.39, 0.29) is 12.5 Å². The maximum absolute atomic E-state index is 14.3. The molecule has 1 aromatic heterocycles. The van der Waals surface area contributed by atoms with Crippen molar-refractivity contribution in [2.75, 3.05) is 29.4 Å². The number of amides is 3.